The summed E-state index contributed by atoms with van der Waals surface area (Å²) in [4.78, 5) is 0. The van der Waals surface area contributed by atoms with E-state index < -0.39 is 0 Å². The molecule has 0 fully saturated rings. The summed E-state index contributed by atoms with van der Waals surface area (Å²) in [7, 11) is 0. The average molecular weight is 271 g/mol. The van der Waals surface area contributed by atoms with Crippen LogP contribution in [0.2, 0.25) is 0 Å². The lowest BCUT2D eigenvalue weighted by atomic mass is 10.0. The molecule has 1 aromatic heterocycles. The Morgan fingerprint density at radius 2 is 2.33 bits per heavy atom. The van der Waals surface area contributed by atoms with Crippen molar-refractivity contribution in [3.8, 4) is 0 Å². The molecule has 1 aromatic rings. The van der Waals surface area contributed by atoms with Crippen LogP contribution in [0, 0.1) is 0 Å². The largest absolute Gasteiger partial charge is 0.339 e. The summed E-state index contributed by atoms with van der Waals surface area (Å²) in [5, 5.41) is 0. The van der Waals surface area contributed by atoms with E-state index in [1.165, 1.54) is 28.6 Å². The Hall–Kier alpha value is -0.280. The van der Waals surface area contributed by atoms with Crippen molar-refractivity contribution in [2.75, 3.05) is 6.54 Å². The molecule has 0 saturated carbocycles. The highest BCUT2D eigenvalue weighted by Gasteiger charge is 2.27. The van der Waals surface area contributed by atoms with E-state index in [0.717, 1.165) is 13.0 Å². The fourth-order valence-corrected chi connectivity index (χ4v) is 3.45. The third-order valence-electron chi connectivity index (χ3n) is 3.36. The monoisotopic (exact) mass is 270 g/mol. The molecule has 0 saturated heterocycles. The Labute approximate surface area is 100.0 Å². The Morgan fingerprint density at radius 3 is 2.93 bits per heavy atom. The molecule has 0 spiro atoms. The van der Waals surface area contributed by atoms with Crippen LogP contribution in [-0.2, 0) is 6.42 Å². The lowest BCUT2D eigenvalue weighted by Gasteiger charge is -2.11. The van der Waals surface area contributed by atoms with Gasteiger partial charge in [0.15, 0.2) is 0 Å². The molecule has 0 amide bonds. The van der Waals surface area contributed by atoms with Crippen molar-refractivity contribution < 1.29 is 0 Å². The molecule has 0 bridgehead atoms. The van der Waals surface area contributed by atoms with Gasteiger partial charge in [0, 0.05) is 12.2 Å². The van der Waals surface area contributed by atoms with Crippen LogP contribution >= 0.6 is 15.9 Å². The van der Waals surface area contributed by atoms with Gasteiger partial charge in [0.2, 0.25) is 0 Å². The normalized spacial score (nSPS) is 19.9. The van der Waals surface area contributed by atoms with E-state index in [1.54, 1.807) is 0 Å². The minimum Gasteiger partial charge on any atom is -0.339 e. The maximum absolute atomic E-state index is 5.65. The number of fused-ring (bicyclic) bond motifs is 1. The van der Waals surface area contributed by atoms with Gasteiger partial charge in [-0.05, 0) is 72.6 Å². The van der Waals surface area contributed by atoms with Crippen LogP contribution in [-0.4, -0.2) is 11.1 Å². The summed E-state index contributed by atoms with van der Waals surface area (Å²) in [6.07, 6.45) is 5.93. The van der Waals surface area contributed by atoms with Crippen LogP contribution in [0.3, 0.4) is 0 Å². The van der Waals surface area contributed by atoms with Crippen LogP contribution in [0.15, 0.2) is 10.8 Å². The summed E-state index contributed by atoms with van der Waals surface area (Å²) in [5.41, 5.74) is 8.70. The predicted octanol–water partition coefficient (Wildman–Crippen LogP) is 3.21. The van der Waals surface area contributed by atoms with Crippen molar-refractivity contribution in [3.05, 3.63) is 21.9 Å². The quantitative estimate of drug-likeness (QED) is 0.899. The predicted molar refractivity (Wildman–Crippen MR) is 67.3 cm³/mol. The number of hydrogen-bond acceptors (Lipinski definition) is 1. The van der Waals surface area contributed by atoms with Crippen LogP contribution < -0.4 is 5.73 Å². The molecule has 1 aliphatic rings. The number of aromatic nitrogens is 1. The topological polar surface area (TPSA) is 30.9 Å². The first-order valence-electron chi connectivity index (χ1n) is 5.74. The Bertz CT molecular complexity index is 355. The van der Waals surface area contributed by atoms with Crippen LogP contribution in [0.1, 0.15) is 49.8 Å². The standard InChI is InChI=1S/C12H19BrN2/c1-8(2)15-7-11-9(5-6-14)3-4-10(11)12(15)13/h7-9H,3-6,14H2,1-2H3. The summed E-state index contributed by atoms with van der Waals surface area (Å²) in [5.74, 6) is 0.696. The van der Waals surface area contributed by atoms with Crippen LogP contribution in [0.25, 0.3) is 0 Å². The van der Waals surface area contributed by atoms with Crippen molar-refractivity contribution in [2.45, 2.75) is 45.1 Å². The van der Waals surface area contributed by atoms with Crippen molar-refractivity contribution in [1.29, 1.82) is 0 Å². The van der Waals surface area contributed by atoms with E-state index in [9.17, 15) is 0 Å². The minimum absolute atomic E-state index is 0.531. The van der Waals surface area contributed by atoms with E-state index in [1.807, 2.05) is 0 Å². The maximum atomic E-state index is 5.65. The zero-order valence-corrected chi connectivity index (χ0v) is 11.0. The average Bonchev–Trinajstić information content (AvgIpc) is 2.69. The Balaban J connectivity index is 2.33. The zero-order chi connectivity index (χ0) is 11.0. The molecular formula is C12H19BrN2. The molecule has 84 valence electrons. The van der Waals surface area contributed by atoms with Gasteiger partial charge in [-0.25, -0.2) is 0 Å². The van der Waals surface area contributed by atoms with Gasteiger partial charge < -0.3 is 10.3 Å². The van der Waals surface area contributed by atoms with Gasteiger partial charge in [-0.3, -0.25) is 0 Å². The molecule has 1 heterocycles. The molecule has 1 unspecified atom stereocenters. The van der Waals surface area contributed by atoms with Gasteiger partial charge in [0.05, 0.1) is 4.60 Å². The Kier molecular flexibility index (Phi) is 3.21. The third-order valence-corrected chi connectivity index (χ3v) is 4.24. The molecular weight excluding hydrogens is 252 g/mol. The number of nitrogens with two attached hydrogens (primary N) is 1. The first-order valence-corrected chi connectivity index (χ1v) is 6.53. The SMILES string of the molecule is CC(C)n1cc2c(c1Br)CCC2CCN. The molecule has 1 atom stereocenters. The highest BCUT2D eigenvalue weighted by molar-refractivity contribution is 9.10. The highest BCUT2D eigenvalue weighted by Crippen LogP contribution is 2.41. The second kappa shape index (κ2) is 4.30. The van der Waals surface area contributed by atoms with Gasteiger partial charge in [0.1, 0.15) is 0 Å². The van der Waals surface area contributed by atoms with Crippen LogP contribution in [0.5, 0.6) is 0 Å². The number of rotatable bonds is 3. The highest BCUT2D eigenvalue weighted by atomic mass is 79.9. The van der Waals surface area contributed by atoms with E-state index in [0.29, 0.717) is 12.0 Å². The molecule has 0 radical (unpaired) electrons. The van der Waals surface area contributed by atoms with Crippen molar-refractivity contribution in [1.82, 2.24) is 4.57 Å². The first-order chi connectivity index (χ1) is 7.15. The molecule has 0 aromatic carbocycles. The molecule has 3 heteroatoms. The lowest BCUT2D eigenvalue weighted by Crippen LogP contribution is -2.05. The summed E-state index contributed by atoms with van der Waals surface area (Å²) in [6.45, 7) is 5.24. The van der Waals surface area contributed by atoms with Gasteiger partial charge in [-0.15, -0.1) is 0 Å². The fraction of sp³-hybridized carbons (Fsp3) is 0.667. The third kappa shape index (κ3) is 1.87. The first kappa shape index (κ1) is 11.2. The van der Waals surface area contributed by atoms with Crippen LogP contribution in [0.4, 0.5) is 0 Å². The fourth-order valence-electron chi connectivity index (χ4n) is 2.51. The molecule has 15 heavy (non-hydrogen) atoms. The number of nitrogens with zero attached hydrogens (tertiary/aromatic N) is 1. The molecule has 2 N–H and O–H groups in total. The number of halogens is 1. The second-order valence-corrected chi connectivity index (χ2v) is 5.42. The van der Waals surface area contributed by atoms with Gasteiger partial charge >= 0.3 is 0 Å². The van der Waals surface area contributed by atoms with E-state index in [2.05, 4.69) is 40.5 Å². The second-order valence-electron chi connectivity index (χ2n) is 4.67. The van der Waals surface area contributed by atoms with Gasteiger partial charge in [-0.2, -0.15) is 0 Å². The van der Waals surface area contributed by atoms with Crippen molar-refractivity contribution in [2.24, 2.45) is 5.73 Å². The smallest absolute Gasteiger partial charge is 0.0884 e. The van der Waals surface area contributed by atoms with E-state index in [4.69, 9.17) is 5.73 Å². The maximum Gasteiger partial charge on any atom is 0.0884 e. The number of hydrogen-bond donors (Lipinski definition) is 1. The lowest BCUT2D eigenvalue weighted by molar-refractivity contribution is 0.571. The van der Waals surface area contributed by atoms with E-state index in [-0.39, 0.29) is 0 Å². The molecule has 0 aliphatic heterocycles. The summed E-state index contributed by atoms with van der Waals surface area (Å²) in [6, 6.07) is 0.531. The van der Waals surface area contributed by atoms with Gasteiger partial charge in [-0.1, -0.05) is 0 Å². The summed E-state index contributed by atoms with van der Waals surface area (Å²) >= 11 is 3.71. The molecule has 2 nitrogen and oxygen atoms in total. The van der Waals surface area contributed by atoms with E-state index >= 15 is 0 Å². The van der Waals surface area contributed by atoms with Crippen molar-refractivity contribution >= 4 is 15.9 Å². The zero-order valence-electron chi connectivity index (χ0n) is 9.46. The molecule has 2 rings (SSSR count). The summed E-state index contributed by atoms with van der Waals surface area (Å²) < 4.78 is 3.61. The van der Waals surface area contributed by atoms with Gasteiger partial charge in [0.25, 0.3) is 0 Å². The minimum atomic E-state index is 0.531. The molecule has 1 aliphatic carbocycles. The Morgan fingerprint density at radius 1 is 1.60 bits per heavy atom. The van der Waals surface area contributed by atoms with Crippen molar-refractivity contribution in [3.63, 3.8) is 0 Å².